The molecule has 0 rings (SSSR count). The average molecular weight is 156 g/mol. The van der Waals surface area contributed by atoms with Gasteiger partial charge in [0.15, 0.2) is 0 Å². The van der Waals surface area contributed by atoms with Crippen molar-refractivity contribution in [1.29, 1.82) is 0 Å². The van der Waals surface area contributed by atoms with Crippen LogP contribution in [0.15, 0.2) is 0 Å². The summed E-state index contributed by atoms with van der Waals surface area (Å²) >= 11 is 0. The van der Waals surface area contributed by atoms with E-state index in [0.717, 1.165) is 0 Å². The molecule has 0 aromatic heterocycles. The molecule has 0 aromatic carbocycles. The Kier molecular flexibility index (Phi) is 6.04. The van der Waals surface area contributed by atoms with Gasteiger partial charge in [0.1, 0.15) is 0 Å². The number of rotatable bonds is 3. The monoisotopic (exact) mass is 156 g/mol. The molecule has 58 valence electrons. The molecule has 5 nitrogen and oxygen atoms in total. The van der Waals surface area contributed by atoms with Crippen LogP contribution in [0.2, 0.25) is 0 Å². The lowest BCUT2D eigenvalue weighted by Crippen LogP contribution is -2.09. The Morgan fingerprint density at radius 1 is 1.44 bits per heavy atom. The zero-order valence-corrected chi connectivity index (χ0v) is 5.89. The van der Waals surface area contributed by atoms with Crippen LogP contribution >= 0.6 is 0 Å². The maximum absolute atomic E-state index is 9.89. The maximum atomic E-state index is 9.89. The lowest BCUT2D eigenvalue weighted by molar-refractivity contribution is 0.481. The third-order valence-electron chi connectivity index (χ3n) is 0.606. The normalized spacial score (nSPS) is 10.4. The molecular weight excluding hydrogens is 144 g/mol. The van der Waals surface area contributed by atoms with Crippen molar-refractivity contribution in [3.63, 3.8) is 0 Å². The molecule has 0 unspecified atom stereocenters. The molecular formula is C3H12N2O3S. The standard InChI is InChI=1S/C3H9NO3S.H3N/c4-2-1-3-8(5,6)7;/h1-4H2,(H,5,6,7);1H3. The summed E-state index contributed by atoms with van der Waals surface area (Å²) in [6, 6.07) is 0. The molecule has 0 bridgehead atoms. The predicted octanol–water partition coefficient (Wildman–Crippen LogP) is -0.615. The quantitative estimate of drug-likeness (QED) is 0.471. The molecule has 0 aliphatic heterocycles. The Labute approximate surface area is 54.6 Å². The molecule has 0 fully saturated rings. The maximum Gasteiger partial charge on any atom is 0.264 e. The lowest BCUT2D eigenvalue weighted by Gasteiger charge is -1.90. The Bertz CT molecular complexity index is 141. The third kappa shape index (κ3) is 11.4. The van der Waals surface area contributed by atoms with E-state index in [4.69, 9.17) is 10.3 Å². The Balaban J connectivity index is 0. The predicted molar refractivity (Wildman–Crippen MR) is 35.1 cm³/mol. The van der Waals surface area contributed by atoms with Crippen LogP contribution in [0.5, 0.6) is 0 Å². The van der Waals surface area contributed by atoms with E-state index in [9.17, 15) is 8.42 Å². The fraction of sp³-hybridized carbons (Fsp3) is 1.00. The van der Waals surface area contributed by atoms with E-state index in [1.807, 2.05) is 0 Å². The van der Waals surface area contributed by atoms with Gasteiger partial charge in [-0.1, -0.05) is 0 Å². The van der Waals surface area contributed by atoms with Crippen molar-refractivity contribution in [3.05, 3.63) is 0 Å². The van der Waals surface area contributed by atoms with Crippen LogP contribution in [0.3, 0.4) is 0 Å². The zero-order valence-electron chi connectivity index (χ0n) is 5.08. The smallest absolute Gasteiger partial charge is 0.264 e. The van der Waals surface area contributed by atoms with E-state index in [0.29, 0.717) is 13.0 Å². The summed E-state index contributed by atoms with van der Waals surface area (Å²) in [5.74, 6) is -0.233. The fourth-order valence-electron chi connectivity index (χ4n) is 0.266. The van der Waals surface area contributed by atoms with Gasteiger partial charge < -0.3 is 11.9 Å². The first-order valence-corrected chi connectivity index (χ1v) is 3.82. The molecule has 0 aliphatic rings. The molecule has 0 aromatic rings. The van der Waals surface area contributed by atoms with Gasteiger partial charge in [-0.2, -0.15) is 8.42 Å². The molecule has 0 saturated carbocycles. The minimum absolute atomic E-state index is 0. The molecule has 6 N–H and O–H groups in total. The van der Waals surface area contributed by atoms with Crippen LogP contribution in [0.4, 0.5) is 0 Å². The third-order valence-corrected chi connectivity index (χ3v) is 1.41. The van der Waals surface area contributed by atoms with Gasteiger partial charge in [-0.15, -0.1) is 0 Å². The minimum atomic E-state index is -3.77. The van der Waals surface area contributed by atoms with Crippen LogP contribution in [0.1, 0.15) is 6.42 Å². The van der Waals surface area contributed by atoms with Gasteiger partial charge in [0.25, 0.3) is 10.1 Å². The molecule has 6 heteroatoms. The fourth-order valence-corrected chi connectivity index (χ4v) is 0.797. The van der Waals surface area contributed by atoms with Crippen molar-refractivity contribution >= 4 is 10.1 Å². The van der Waals surface area contributed by atoms with Crippen molar-refractivity contribution in [3.8, 4) is 0 Å². The highest BCUT2D eigenvalue weighted by Crippen LogP contribution is 1.83. The van der Waals surface area contributed by atoms with Crippen LogP contribution in [-0.2, 0) is 10.1 Å². The summed E-state index contributed by atoms with van der Waals surface area (Å²) in [6.45, 7) is 0.291. The number of hydrogen-bond acceptors (Lipinski definition) is 4. The van der Waals surface area contributed by atoms with E-state index in [1.165, 1.54) is 0 Å². The highest BCUT2D eigenvalue weighted by atomic mass is 32.2. The number of nitrogens with two attached hydrogens (primary N) is 1. The van der Waals surface area contributed by atoms with Crippen molar-refractivity contribution in [2.45, 2.75) is 6.42 Å². The summed E-state index contributed by atoms with van der Waals surface area (Å²) < 4.78 is 27.8. The molecule has 0 amide bonds. The van der Waals surface area contributed by atoms with E-state index < -0.39 is 10.1 Å². The Morgan fingerprint density at radius 3 is 2.00 bits per heavy atom. The SMILES string of the molecule is N.NCCCS(=O)(=O)O. The van der Waals surface area contributed by atoms with E-state index >= 15 is 0 Å². The summed E-state index contributed by atoms with van der Waals surface area (Å²) in [5.41, 5.74) is 4.96. The van der Waals surface area contributed by atoms with Gasteiger partial charge >= 0.3 is 0 Å². The van der Waals surface area contributed by atoms with Crippen molar-refractivity contribution in [2.24, 2.45) is 5.73 Å². The van der Waals surface area contributed by atoms with Crippen molar-refractivity contribution in [1.82, 2.24) is 6.15 Å². The average Bonchev–Trinajstić information content (AvgIpc) is 1.59. The summed E-state index contributed by atoms with van der Waals surface area (Å²) in [7, 11) is -3.77. The van der Waals surface area contributed by atoms with Crippen molar-refractivity contribution in [2.75, 3.05) is 12.3 Å². The van der Waals surface area contributed by atoms with Gasteiger partial charge in [0, 0.05) is 0 Å². The summed E-state index contributed by atoms with van der Waals surface area (Å²) in [5, 5.41) is 0. The first-order chi connectivity index (χ1) is 3.56. The van der Waals surface area contributed by atoms with Gasteiger partial charge in [-0.05, 0) is 13.0 Å². The minimum Gasteiger partial charge on any atom is -0.344 e. The van der Waals surface area contributed by atoms with Crippen LogP contribution in [0, 0.1) is 0 Å². The van der Waals surface area contributed by atoms with E-state index in [2.05, 4.69) is 0 Å². The molecule has 0 heterocycles. The molecule has 0 aliphatic carbocycles. The summed E-state index contributed by atoms with van der Waals surface area (Å²) in [6.07, 6.45) is 0.318. The molecule has 0 radical (unpaired) electrons. The molecule has 9 heavy (non-hydrogen) atoms. The van der Waals surface area contributed by atoms with Gasteiger partial charge in [-0.3, -0.25) is 4.55 Å². The van der Waals surface area contributed by atoms with Crippen molar-refractivity contribution < 1.29 is 13.0 Å². The second-order valence-electron chi connectivity index (χ2n) is 1.43. The topological polar surface area (TPSA) is 115 Å². The molecule has 0 atom stereocenters. The van der Waals surface area contributed by atoms with Gasteiger partial charge in [0.2, 0.25) is 0 Å². The van der Waals surface area contributed by atoms with Crippen LogP contribution < -0.4 is 11.9 Å². The Morgan fingerprint density at radius 2 is 1.89 bits per heavy atom. The number of hydrogen-bond donors (Lipinski definition) is 3. The molecule has 0 saturated heterocycles. The molecule has 0 spiro atoms. The summed E-state index contributed by atoms with van der Waals surface area (Å²) in [4.78, 5) is 0. The first kappa shape index (κ1) is 11.6. The van der Waals surface area contributed by atoms with Crippen LogP contribution in [-0.4, -0.2) is 25.3 Å². The Hall–Kier alpha value is -0.170. The highest BCUT2D eigenvalue weighted by Gasteiger charge is 2.00. The lowest BCUT2D eigenvalue weighted by atomic mass is 10.5. The second-order valence-corrected chi connectivity index (χ2v) is 3.00. The van der Waals surface area contributed by atoms with Gasteiger partial charge in [-0.25, -0.2) is 0 Å². The first-order valence-electron chi connectivity index (χ1n) is 2.21. The van der Waals surface area contributed by atoms with E-state index in [1.54, 1.807) is 0 Å². The van der Waals surface area contributed by atoms with E-state index in [-0.39, 0.29) is 11.9 Å². The zero-order chi connectivity index (χ0) is 6.62. The van der Waals surface area contributed by atoms with Gasteiger partial charge in [0.05, 0.1) is 5.75 Å². The second kappa shape index (κ2) is 4.68. The largest absolute Gasteiger partial charge is 0.344 e. The van der Waals surface area contributed by atoms with Crippen LogP contribution in [0.25, 0.3) is 0 Å². The highest BCUT2D eigenvalue weighted by molar-refractivity contribution is 7.85.